The van der Waals surface area contributed by atoms with Crippen LogP contribution in [0, 0.1) is 0 Å². The molecule has 7 heteroatoms. The Hall–Kier alpha value is -3.45. The number of hydrogen-bond donors (Lipinski definition) is 2. The van der Waals surface area contributed by atoms with E-state index in [1.807, 2.05) is 48.5 Å². The number of methoxy groups -OCH3 is 1. The average Bonchev–Trinajstić information content (AvgIpc) is 3.06. The lowest BCUT2D eigenvalue weighted by molar-refractivity contribution is -0.125. The van der Waals surface area contributed by atoms with E-state index in [1.54, 1.807) is 23.9 Å². The Bertz CT molecular complexity index is 999. The number of anilines is 2. The molecule has 2 N–H and O–H groups in total. The lowest BCUT2D eigenvalue weighted by Crippen LogP contribution is -2.35. The Labute approximate surface area is 162 Å². The van der Waals surface area contributed by atoms with Gasteiger partial charge < -0.3 is 15.4 Å². The number of ether oxygens (including phenoxy) is 1. The summed E-state index contributed by atoms with van der Waals surface area (Å²) in [5, 5.41) is 10.4. The molecule has 0 unspecified atom stereocenters. The minimum absolute atomic E-state index is 0.0218. The fraction of sp³-hybridized carbons (Fsp3) is 0.190. The fourth-order valence-electron chi connectivity index (χ4n) is 3.37. The van der Waals surface area contributed by atoms with Gasteiger partial charge in [0.15, 0.2) is 0 Å². The van der Waals surface area contributed by atoms with Crippen LogP contribution in [0.2, 0.25) is 0 Å². The van der Waals surface area contributed by atoms with E-state index in [0.29, 0.717) is 17.2 Å². The van der Waals surface area contributed by atoms with Gasteiger partial charge in [0.05, 0.1) is 18.7 Å². The molecule has 7 nitrogen and oxygen atoms in total. The zero-order valence-electron chi connectivity index (χ0n) is 15.4. The summed E-state index contributed by atoms with van der Waals surface area (Å²) in [7, 11) is 1.59. The van der Waals surface area contributed by atoms with Crippen molar-refractivity contribution in [1.82, 2.24) is 9.78 Å². The van der Waals surface area contributed by atoms with Gasteiger partial charge in [0.25, 0.3) is 0 Å². The Morgan fingerprint density at radius 3 is 2.54 bits per heavy atom. The van der Waals surface area contributed by atoms with Gasteiger partial charge in [-0.25, -0.2) is 4.68 Å². The SMILES string of the molecule is COCc1nn2c(c1-c1ccccc1)NC(=O)C[C@@H]2C(=O)Nc1ccccc1. The van der Waals surface area contributed by atoms with Gasteiger partial charge in [-0.15, -0.1) is 0 Å². The summed E-state index contributed by atoms with van der Waals surface area (Å²) in [6.45, 7) is 0.271. The van der Waals surface area contributed by atoms with Crippen LogP contribution in [0.1, 0.15) is 18.2 Å². The van der Waals surface area contributed by atoms with Gasteiger partial charge in [0, 0.05) is 18.4 Å². The van der Waals surface area contributed by atoms with E-state index in [4.69, 9.17) is 4.74 Å². The van der Waals surface area contributed by atoms with E-state index in [9.17, 15) is 9.59 Å². The molecule has 0 saturated carbocycles. The predicted octanol–water partition coefficient (Wildman–Crippen LogP) is 3.22. The number of para-hydroxylation sites is 1. The van der Waals surface area contributed by atoms with Crippen molar-refractivity contribution in [3.63, 3.8) is 0 Å². The van der Waals surface area contributed by atoms with Crippen molar-refractivity contribution in [1.29, 1.82) is 0 Å². The van der Waals surface area contributed by atoms with Crippen molar-refractivity contribution in [3.8, 4) is 11.1 Å². The van der Waals surface area contributed by atoms with Crippen molar-refractivity contribution in [3.05, 3.63) is 66.4 Å². The number of aromatic nitrogens is 2. The van der Waals surface area contributed by atoms with E-state index in [0.717, 1.165) is 11.1 Å². The number of fused-ring (bicyclic) bond motifs is 1. The van der Waals surface area contributed by atoms with Crippen LogP contribution in [0.5, 0.6) is 0 Å². The third-order valence-electron chi connectivity index (χ3n) is 4.60. The number of carbonyl (C=O) groups is 2. The van der Waals surface area contributed by atoms with Gasteiger partial charge in [-0.2, -0.15) is 5.10 Å². The third kappa shape index (κ3) is 3.39. The molecule has 2 aromatic carbocycles. The maximum absolute atomic E-state index is 12.9. The Morgan fingerprint density at radius 1 is 1.18 bits per heavy atom. The summed E-state index contributed by atoms with van der Waals surface area (Å²) in [5.41, 5.74) is 3.02. The van der Waals surface area contributed by atoms with Gasteiger partial charge >= 0.3 is 0 Å². The molecule has 4 rings (SSSR count). The Balaban J connectivity index is 1.76. The summed E-state index contributed by atoms with van der Waals surface area (Å²) >= 11 is 0. The standard InChI is InChI=1S/C21H20N4O3/c1-28-13-16-19(14-8-4-2-5-9-14)20-23-18(26)12-17(25(20)24-16)21(27)22-15-10-6-3-7-11-15/h2-11,17H,12-13H2,1H3,(H,22,27)(H,23,26)/t17-/m1/s1. The molecule has 1 aliphatic rings. The molecule has 0 radical (unpaired) electrons. The minimum Gasteiger partial charge on any atom is -0.378 e. The first-order chi connectivity index (χ1) is 13.7. The lowest BCUT2D eigenvalue weighted by Gasteiger charge is -2.24. The molecule has 1 aromatic heterocycles. The normalized spacial score (nSPS) is 15.6. The molecule has 28 heavy (non-hydrogen) atoms. The minimum atomic E-state index is -0.739. The summed E-state index contributed by atoms with van der Waals surface area (Å²) in [5.74, 6) is 0.0119. The monoisotopic (exact) mass is 376 g/mol. The highest BCUT2D eigenvalue weighted by Crippen LogP contribution is 2.37. The molecule has 0 fully saturated rings. The predicted molar refractivity (Wildman–Crippen MR) is 106 cm³/mol. The van der Waals surface area contributed by atoms with Crippen LogP contribution in [-0.4, -0.2) is 28.7 Å². The molecular formula is C21H20N4O3. The van der Waals surface area contributed by atoms with Gasteiger partial charge in [-0.1, -0.05) is 48.5 Å². The smallest absolute Gasteiger partial charge is 0.249 e. The van der Waals surface area contributed by atoms with Crippen molar-refractivity contribution in [2.75, 3.05) is 17.7 Å². The van der Waals surface area contributed by atoms with Crippen LogP contribution in [-0.2, 0) is 20.9 Å². The summed E-state index contributed by atoms with van der Waals surface area (Å²) < 4.78 is 6.89. The molecule has 0 saturated heterocycles. The van der Waals surface area contributed by atoms with Crippen LogP contribution in [0.25, 0.3) is 11.1 Å². The topological polar surface area (TPSA) is 85.2 Å². The molecule has 1 aliphatic heterocycles. The van der Waals surface area contributed by atoms with Crippen molar-refractivity contribution in [2.45, 2.75) is 19.1 Å². The van der Waals surface area contributed by atoms with Gasteiger partial charge in [-0.3, -0.25) is 9.59 Å². The summed E-state index contributed by atoms with van der Waals surface area (Å²) in [4.78, 5) is 25.3. The van der Waals surface area contributed by atoms with Gasteiger partial charge in [-0.05, 0) is 17.7 Å². The molecular weight excluding hydrogens is 356 g/mol. The maximum atomic E-state index is 12.9. The second kappa shape index (κ2) is 7.66. The molecule has 0 spiro atoms. The van der Waals surface area contributed by atoms with Crippen molar-refractivity contribution < 1.29 is 14.3 Å². The van der Waals surface area contributed by atoms with Crippen LogP contribution >= 0.6 is 0 Å². The molecule has 2 amide bonds. The molecule has 2 heterocycles. The van der Waals surface area contributed by atoms with E-state index in [-0.39, 0.29) is 24.8 Å². The highest BCUT2D eigenvalue weighted by atomic mass is 16.5. The zero-order valence-corrected chi connectivity index (χ0v) is 15.4. The van der Waals surface area contributed by atoms with Gasteiger partial charge in [0.2, 0.25) is 11.8 Å². The molecule has 142 valence electrons. The highest BCUT2D eigenvalue weighted by molar-refractivity contribution is 6.03. The first-order valence-corrected chi connectivity index (χ1v) is 8.99. The van der Waals surface area contributed by atoms with E-state index in [1.165, 1.54) is 0 Å². The number of hydrogen-bond acceptors (Lipinski definition) is 4. The number of nitrogens with one attached hydrogen (secondary N) is 2. The number of nitrogens with zero attached hydrogens (tertiary/aromatic N) is 2. The van der Waals surface area contributed by atoms with E-state index in [2.05, 4.69) is 15.7 Å². The quantitative estimate of drug-likeness (QED) is 0.716. The van der Waals surface area contributed by atoms with E-state index < -0.39 is 6.04 Å². The molecule has 0 aliphatic carbocycles. The van der Waals surface area contributed by atoms with Crippen LogP contribution in [0.15, 0.2) is 60.7 Å². The Morgan fingerprint density at radius 2 is 1.86 bits per heavy atom. The van der Waals surface area contributed by atoms with Crippen molar-refractivity contribution >= 4 is 23.3 Å². The lowest BCUT2D eigenvalue weighted by atomic mass is 10.0. The van der Waals surface area contributed by atoms with Gasteiger partial charge in [0.1, 0.15) is 11.9 Å². The molecule has 1 atom stereocenters. The third-order valence-corrected chi connectivity index (χ3v) is 4.60. The number of rotatable bonds is 5. The first-order valence-electron chi connectivity index (χ1n) is 8.99. The van der Waals surface area contributed by atoms with E-state index >= 15 is 0 Å². The highest BCUT2D eigenvalue weighted by Gasteiger charge is 2.35. The fourth-order valence-corrected chi connectivity index (χ4v) is 3.37. The van der Waals surface area contributed by atoms with Crippen LogP contribution in [0.4, 0.5) is 11.5 Å². The molecule has 3 aromatic rings. The number of amides is 2. The maximum Gasteiger partial charge on any atom is 0.249 e. The number of carbonyl (C=O) groups excluding carboxylic acids is 2. The summed E-state index contributed by atoms with van der Waals surface area (Å²) in [6.07, 6.45) is 0.0218. The van der Waals surface area contributed by atoms with Crippen LogP contribution in [0.3, 0.4) is 0 Å². The average molecular weight is 376 g/mol. The number of benzene rings is 2. The van der Waals surface area contributed by atoms with Crippen molar-refractivity contribution in [2.24, 2.45) is 0 Å². The zero-order chi connectivity index (χ0) is 19.5. The Kier molecular flexibility index (Phi) is 4.90. The second-order valence-corrected chi connectivity index (χ2v) is 6.54. The summed E-state index contributed by atoms with van der Waals surface area (Å²) in [6, 6.07) is 18.1. The molecule has 0 bridgehead atoms. The second-order valence-electron chi connectivity index (χ2n) is 6.54. The first kappa shape index (κ1) is 17.9. The largest absolute Gasteiger partial charge is 0.378 e. The van der Waals surface area contributed by atoms with Crippen LogP contribution < -0.4 is 10.6 Å².